The lowest BCUT2D eigenvalue weighted by Gasteiger charge is -2.18. The van der Waals surface area contributed by atoms with E-state index in [0.717, 1.165) is 0 Å². The summed E-state index contributed by atoms with van der Waals surface area (Å²) in [5.41, 5.74) is 0. The SMILES string of the molecule is CC1(C)OC[C@H](COCC2=CC=C(COC[C@H]3COC(C)(C)O3)SS2)O1. The monoisotopic (exact) mass is 404 g/mol. The second kappa shape index (κ2) is 8.96. The Labute approximate surface area is 163 Å². The summed E-state index contributed by atoms with van der Waals surface area (Å²) in [6, 6.07) is 0. The van der Waals surface area contributed by atoms with Gasteiger partial charge in [-0.3, -0.25) is 0 Å². The van der Waals surface area contributed by atoms with Gasteiger partial charge in [-0.25, -0.2) is 0 Å². The molecule has 0 saturated carbocycles. The van der Waals surface area contributed by atoms with Crippen molar-refractivity contribution < 1.29 is 28.4 Å². The molecule has 6 nitrogen and oxygen atoms in total. The van der Waals surface area contributed by atoms with Gasteiger partial charge in [-0.2, -0.15) is 0 Å². The summed E-state index contributed by atoms with van der Waals surface area (Å²) in [7, 11) is 3.43. The smallest absolute Gasteiger partial charge is 0.163 e. The van der Waals surface area contributed by atoms with Gasteiger partial charge in [0, 0.05) is 9.81 Å². The van der Waals surface area contributed by atoms with E-state index in [0.29, 0.717) is 39.6 Å². The maximum absolute atomic E-state index is 5.76. The molecule has 2 atom stereocenters. The van der Waals surface area contributed by atoms with Crippen LogP contribution in [0.2, 0.25) is 0 Å². The second-order valence-electron chi connectivity index (χ2n) is 7.36. The molecule has 3 rings (SSSR count). The Kier molecular flexibility index (Phi) is 7.12. The maximum atomic E-state index is 5.76. The molecule has 0 aliphatic carbocycles. The van der Waals surface area contributed by atoms with Crippen molar-refractivity contribution in [1.29, 1.82) is 0 Å². The molecular formula is C18H28O6S2. The Morgan fingerprint density at radius 2 is 1.27 bits per heavy atom. The molecule has 0 aromatic heterocycles. The Balaban J connectivity index is 1.30. The van der Waals surface area contributed by atoms with Crippen LogP contribution in [0.5, 0.6) is 0 Å². The lowest BCUT2D eigenvalue weighted by molar-refractivity contribution is -0.144. The van der Waals surface area contributed by atoms with Gasteiger partial charge >= 0.3 is 0 Å². The average molecular weight is 405 g/mol. The molecule has 0 unspecified atom stereocenters. The van der Waals surface area contributed by atoms with Gasteiger partial charge in [0.2, 0.25) is 0 Å². The van der Waals surface area contributed by atoms with Crippen LogP contribution in [0.1, 0.15) is 27.7 Å². The molecule has 148 valence electrons. The summed E-state index contributed by atoms with van der Waals surface area (Å²) in [4.78, 5) is 2.37. The zero-order valence-electron chi connectivity index (χ0n) is 15.8. The van der Waals surface area contributed by atoms with E-state index < -0.39 is 11.6 Å². The summed E-state index contributed by atoms with van der Waals surface area (Å²) < 4.78 is 34.0. The first-order chi connectivity index (χ1) is 12.3. The summed E-state index contributed by atoms with van der Waals surface area (Å²) >= 11 is 0. The van der Waals surface area contributed by atoms with Crippen molar-refractivity contribution >= 4 is 21.6 Å². The van der Waals surface area contributed by atoms with Crippen LogP contribution in [-0.2, 0) is 28.4 Å². The minimum atomic E-state index is -0.494. The number of hydrogen-bond donors (Lipinski definition) is 0. The first-order valence-corrected chi connectivity index (χ1v) is 11.0. The Morgan fingerprint density at radius 3 is 1.58 bits per heavy atom. The van der Waals surface area contributed by atoms with Crippen molar-refractivity contribution in [1.82, 2.24) is 0 Å². The van der Waals surface area contributed by atoms with Crippen LogP contribution in [0, 0.1) is 0 Å². The molecule has 8 heteroatoms. The fourth-order valence-corrected chi connectivity index (χ4v) is 4.75. The van der Waals surface area contributed by atoms with Gasteiger partial charge in [-0.1, -0.05) is 21.6 Å². The predicted molar refractivity (Wildman–Crippen MR) is 103 cm³/mol. The average Bonchev–Trinajstić information content (AvgIpc) is 3.10. The van der Waals surface area contributed by atoms with Gasteiger partial charge in [0.1, 0.15) is 12.2 Å². The van der Waals surface area contributed by atoms with Crippen LogP contribution in [0.25, 0.3) is 0 Å². The minimum absolute atomic E-state index is 0.0121. The molecule has 3 heterocycles. The Hall–Kier alpha value is -0.0600. The van der Waals surface area contributed by atoms with Crippen LogP contribution in [-0.4, -0.2) is 63.4 Å². The van der Waals surface area contributed by atoms with E-state index in [9.17, 15) is 0 Å². The Bertz CT molecular complexity index is 498. The van der Waals surface area contributed by atoms with Crippen molar-refractivity contribution in [3.05, 3.63) is 22.0 Å². The molecule has 0 N–H and O–H groups in total. The van der Waals surface area contributed by atoms with E-state index in [1.165, 1.54) is 9.81 Å². The molecule has 0 radical (unpaired) electrons. The third-order valence-electron chi connectivity index (χ3n) is 3.94. The first-order valence-electron chi connectivity index (χ1n) is 8.85. The highest BCUT2D eigenvalue weighted by molar-refractivity contribution is 8.79. The fraction of sp³-hybridized carbons (Fsp3) is 0.778. The topological polar surface area (TPSA) is 55.4 Å². The molecule has 26 heavy (non-hydrogen) atoms. The largest absolute Gasteiger partial charge is 0.373 e. The summed E-state index contributed by atoms with van der Waals surface area (Å²) in [5.74, 6) is -0.989. The third-order valence-corrected chi connectivity index (χ3v) is 6.50. The first kappa shape index (κ1) is 20.7. The predicted octanol–water partition coefficient (Wildman–Crippen LogP) is 3.49. The molecule has 0 amide bonds. The van der Waals surface area contributed by atoms with E-state index in [1.54, 1.807) is 21.6 Å². The lowest BCUT2D eigenvalue weighted by Crippen LogP contribution is -2.24. The van der Waals surface area contributed by atoms with Gasteiger partial charge in [-0.05, 0) is 39.8 Å². The van der Waals surface area contributed by atoms with Crippen LogP contribution in [0.15, 0.2) is 22.0 Å². The van der Waals surface area contributed by atoms with Gasteiger partial charge in [0.05, 0.1) is 39.6 Å². The quantitative estimate of drug-likeness (QED) is 0.570. The van der Waals surface area contributed by atoms with Crippen molar-refractivity contribution in [2.24, 2.45) is 0 Å². The van der Waals surface area contributed by atoms with Gasteiger partial charge in [-0.15, -0.1) is 0 Å². The zero-order chi connectivity index (χ0) is 18.6. The van der Waals surface area contributed by atoms with Gasteiger partial charge in [0.25, 0.3) is 0 Å². The highest BCUT2D eigenvalue weighted by Gasteiger charge is 2.33. The lowest BCUT2D eigenvalue weighted by atomic mass is 10.4. The molecule has 0 aromatic rings. The van der Waals surface area contributed by atoms with E-state index in [1.807, 2.05) is 27.7 Å². The molecule has 3 aliphatic rings. The Morgan fingerprint density at radius 1 is 0.846 bits per heavy atom. The highest BCUT2D eigenvalue weighted by Crippen LogP contribution is 2.40. The van der Waals surface area contributed by atoms with Crippen LogP contribution < -0.4 is 0 Å². The van der Waals surface area contributed by atoms with E-state index in [2.05, 4.69) is 12.2 Å². The zero-order valence-corrected chi connectivity index (χ0v) is 17.5. The summed E-state index contributed by atoms with van der Waals surface area (Å²) in [6.07, 6.45) is 4.21. The van der Waals surface area contributed by atoms with Gasteiger partial charge < -0.3 is 28.4 Å². The van der Waals surface area contributed by atoms with Gasteiger partial charge in [0.15, 0.2) is 11.6 Å². The van der Waals surface area contributed by atoms with Crippen LogP contribution in [0.4, 0.5) is 0 Å². The standard InChI is InChI=1S/C18H28O6S2/c1-17(2)21-9-13(23-17)7-19-11-15-5-6-16(26-25-15)12-20-8-14-10-22-18(3,4)24-14/h5-6,13-14H,7-12H2,1-4H3/t13-,14-/m0/s1. The third kappa shape index (κ3) is 6.53. The fourth-order valence-electron chi connectivity index (χ4n) is 2.77. The van der Waals surface area contributed by atoms with E-state index in [4.69, 9.17) is 28.4 Å². The summed E-state index contributed by atoms with van der Waals surface area (Å²) in [6.45, 7) is 11.1. The number of rotatable bonds is 8. The minimum Gasteiger partial charge on any atom is -0.373 e. The van der Waals surface area contributed by atoms with Crippen molar-refractivity contribution in [2.45, 2.75) is 51.5 Å². The van der Waals surface area contributed by atoms with Crippen LogP contribution in [0.3, 0.4) is 0 Å². The van der Waals surface area contributed by atoms with E-state index >= 15 is 0 Å². The number of allylic oxidation sites excluding steroid dienone is 2. The van der Waals surface area contributed by atoms with Crippen LogP contribution >= 0.6 is 21.6 Å². The molecular weight excluding hydrogens is 376 g/mol. The van der Waals surface area contributed by atoms with Crippen molar-refractivity contribution in [2.75, 3.05) is 39.6 Å². The van der Waals surface area contributed by atoms with Crippen molar-refractivity contribution in [3.63, 3.8) is 0 Å². The maximum Gasteiger partial charge on any atom is 0.163 e. The molecule has 0 bridgehead atoms. The van der Waals surface area contributed by atoms with Crippen molar-refractivity contribution in [3.8, 4) is 0 Å². The number of hydrogen-bond acceptors (Lipinski definition) is 8. The second-order valence-corrected chi connectivity index (χ2v) is 9.75. The number of ether oxygens (including phenoxy) is 6. The normalized spacial score (nSPS) is 30.3. The van der Waals surface area contributed by atoms with E-state index in [-0.39, 0.29) is 12.2 Å². The molecule has 0 spiro atoms. The highest BCUT2D eigenvalue weighted by atomic mass is 33.1. The molecule has 0 aromatic carbocycles. The molecule has 2 saturated heterocycles. The molecule has 3 aliphatic heterocycles. The molecule has 2 fully saturated rings. The summed E-state index contributed by atoms with van der Waals surface area (Å²) in [5, 5.41) is 0.